The zero-order valence-corrected chi connectivity index (χ0v) is 9.60. The van der Waals surface area contributed by atoms with Crippen LogP contribution in [0, 0.1) is 11.3 Å². The minimum absolute atomic E-state index is 0.711. The summed E-state index contributed by atoms with van der Waals surface area (Å²) in [6.07, 6.45) is 0. The van der Waals surface area contributed by atoms with Gasteiger partial charge in [0, 0.05) is 5.50 Å². The average molecular weight is 210 g/mol. The molecule has 0 aromatic heterocycles. The van der Waals surface area contributed by atoms with Gasteiger partial charge in [-0.15, -0.1) is 11.6 Å². The summed E-state index contributed by atoms with van der Waals surface area (Å²) >= 11 is 5.90. The summed E-state index contributed by atoms with van der Waals surface area (Å²) in [5, 5.41) is 9.93. The van der Waals surface area contributed by atoms with Crippen molar-refractivity contribution < 1.29 is 0 Å². The number of rotatable bonds is 2. The van der Waals surface area contributed by atoms with Gasteiger partial charge in [0.05, 0.1) is 19.7 Å². The summed E-state index contributed by atoms with van der Waals surface area (Å²) in [5.74, 6) is 0. The van der Waals surface area contributed by atoms with Gasteiger partial charge in [-0.2, -0.15) is 5.26 Å². The summed E-state index contributed by atoms with van der Waals surface area (Å²) in [5.41, 5.74) is 1.43. The van der Waals surface area contributed by atoms with Gasteiger partial charge < -0.3 is 0 Å². The molecule has 0 saturated heterocycles. The molecule has 1 nitrogen and oxygen atoms in total. The van der Waals surface area contributed by atoms with E-state index in [0.29, 0.717) is 5.56 Å². The van der Waals surface area contributed by atoms with Crippen LogP contribution in [0.5, 0.6) is 0 Å². The minimum Gasteiger partial charge on any atom is -0.192 e. The van der Waals surface area contributed by atoms with E-state index in [4.69, 9.17) is 16.9 Å². The summed E-state index contributed by atoms with van der Waals surface area (Å²) in [4.78, 5) is 0. The third-order valence-corrected chi connectivity index (χ3v) is 6.70. The van der Waals surface area contributed by atoms with Gasteiger partial charge in [0.1, 0.15) is 0 Å². The summed E-state index contributed by atoms with van der Waals surface area (Å²) < 4.78 is 0. The molecule has 13 heavy (non-hydrogen) atoms. The van der Waals surface area contributed by atoms with Crippen molar-refractivity contribution in [3.8, 4) is 6.07 Å². The maximum absolute atomic E-state index is 8.62. The lowest BCUT2D eigenvalue weighted by molar-refractivity contribution is 1.49. The van der Waals surface area contributed by atoms with Crippen LogP contribution in [-0.2, 0) is 0 Å². The van der Waals surface area contributed by atoms with Gasteiger partial charge in [0.25, 0.3) is 0 Å². The normalized spacial score (nSPS) is 10.9. The monoisotopic (exact) mass is 209 g/mol. The van der Waals surface area contributed by atoms with E-state index in [1.54, 1.807) is 0 Å². The SMILES string of the molecule is C[Si](C)(CCl)c1ccc(C#N)cc1. The van der Waals surface area contributed by atoms with Gasteiger partial charge in [0.2, 0.25) is 0 Å². The Bertz CT molecular complexity index is 324. The first-order chi connectivity index (χ1) is 6.10. The Labute approximate surface area is 85.0 Å². The molecule has 0 N–H and O–H groups in total. The van der Waals surface area contributed by atoms with Crippen molar-refractivity contribution in [2.75, 3.05) is 5.50 Å². The van der Waals surface area contributed by atoms with Crippen molar-refractivity contribution in [3.63, 3.8) is 0 Å². The van der Waals surface area contributed by atoms with Crippen LogP contribution in [0.2, 0.25) is 13.1 Å². The molecule has 3 heteroatoms. The van der Waals surface area contributed by atoms with Gasteiger partial charge in [0.15, 0.2) is 0 Å². The van der Waals surface area contributed by atoms with E-state index < -0.39 is 8.07 Å². The molecule has 0 radical (unpaired) electrons. The molecule has 68 valence electrons. The number of alkyl halides is 1. The van der Waals surface area contributed by atoms with Crippen LogP contribution < -0.4 is 5.19 Å². The van der Waals surface area contributed by atoms with E-state index in [0.717, 1.165) is 5.50 Å². The highest BCUT2D eigenvalue weighted by Gasteiger charge is 2.21. The van der Waals surface area contributed by atoms with Gasteiger partial charge >= 0.3 is 0 Å². The van der Waals surface area contributed by atoms with E-state index >= 15 is 0 Å². The fourth-order valence-electron chi connectivity index (χ4n) is 1.07. The first-order valence-corrected chi connectivity index (χ1v) is 7.91. The van der Waals surface area contributed by atoms with Crippen molar-refractivity contribution >= 4 is 24.9 Å². The first-order valence-electron chi connectivity index (χ1n) is 4.17. The molecule has 0 heterocycles. The van der Waals surface area contributed by atoms with E-state index in [1.807, 2.05) is 24.3 Å². The molecule has 0 saturated carbocycles. The lowest BCUT2D eigenvalue weighted by Gasteiger charge is -2.19. The second-order valence-corrected chi connectivity index (χ2v) is 9.12. The Balaban J connectivity index is 3.00. The van der Waals surface area contributed by atoms with Crippen LogP contribution in [0.3, 0.4) is 0 Å². The maximum atomic E-state index is 8.62. The van der Waals surface area contributed by atoms with Crippen LogP contribution in [0.1, 0.15) is 5.56 Å². The number of nitriles is 1. The Hall–Kier alpha value is -0.783. The Morgan fingerprint density at radius 2 is 1.85 bits per heavy atom. The lowest BCUT2D eigenvalue weighted by atomic mass is 10.2. The van der Waals surface area contributed by atoms with Crippen LogP contribution >= 0.6 is 11.6 Å². The van der Waals surface area contributed by atoms with Crippen LogP contribution in [0.25, 0.3) is 0 Å². The highest BCUT2D eigenvalue weighted by Crippen LogP contribution is 2.06. The predicted molar refractivity (Wildman–Crippen MR) is 59.0 cm³/mol. The molecule has 0 aliphatic heterocycles. The van der Waals surface area contributed by atoms with Gasteiger partial charge in [-0.25, -0.2) is 0 Å². The second kappa shape index (κ2) is 3.95. The standard InChI is InChI=1S/C10H12ClNSi/c1-13(2,8-11)10-5-3-9(7-12)4-6-10/h3-6H,8H2,1-2H3. The largest absolute Gasteiger partial charge is 0.192 e. The topological polar surface area (TPSA) is 23.8 Å². The molecular formula is C10H12ClNSi. The highest BCUT2D eigenvalue weighted by atomic mass is 35.5. The van der Waals surface area contributed by atoms with Crippen molar-refractivity contribution in [3.05, 3.63) is 29.8 Å². The van der Waals surface area contributed by atoms with E-state index in [-0.39, 0.29) is 0 Å². The van der Waals surface area contributed by atoms with Crippen molar-refractivity contribution in [1.82, 2.24) is 0 Å². The number of hydrogen-bond acceptors (Lipinski definition) is 1. The molecule has 0 bridgehead atoms. The van der Waals surface area contributed by atoms with Crippen molar-refractivity contribution in [2.24, 2.45) is 0 Å². The lowest BCUT2D eigenvalue weighted by Crippen LogP contribution is -2.43. The van der Waals surface area contributed by atoms with E-state index in [1.165, 1.54) is 5.19 Å². The minimum atomic E-state index is -1.43. The molecule has 1 aromatic rings. The quantitative estimate of drug-likeness (QED) is 0.542. The number of nitrogens with zero attached hydrogens (tertiary/aromatic N) is 1. The van der Waals surface area contributed by atoms with Gasteiger partial charge in [-0.05, 0) is 12.1 Å². The van der Waals surface area contributed by atoms with Crippen LogP contribution in [0.15, 0.2) is 24.3 Å². The van der Waals surface area contributed by atoms with Crippen molar-refractivity contribution in [2.45, 2.75) is 13.1 Å². The average Bonchev–Trinajstić information content (AvgIpc) is 2.18. The third kappa shape index (κ3) is 2.33. The molecule has 1 aromatic carbocycles. The molecule has 0 fully saturated rings. The summed E-state index contributed by atoms with van der Waals surface area (Å²) in [6.45, 7) is 4.45. The smallest absolute Gasteiger partial charge is 0.0991 e. The molecular weight excluding hydrogens is 198 g/mol. The Morgan fingerprint density at radius 3 is 2.23 bits per heavy atom. The first kappa shape index (κ1) is 10.3. The van der Waals surface area contributed by atoms with Gasteiger partial charge in [-0.3, -0.25) is 0 Å². The summed E-state index contributed by atoms with van der Waals surface area (Å²) in [7, 11) is -1.43. The number of halogens is 1. The van der Waals surface area contributed by atoms with Crippen LogP contribution in [0.4, 0.5) is 0 Å². The maximum Gasteiger partial charge on any atom is 0.0991 e. The molecule has 1 rings (SSSR count). The molecule has 0 amide bonds. The van der Waals surface area contributed by atoms with Crippen molar-refractivity contribution in [1.29, 1.82) is 5.26 Å². The van der Waals surface area contributed by atoms with Crippen LogP contribution in [-0.4, -0.2) is 13.6 Å². The van der Waals surface area contributed by atoms with Gasteiger partial charge in [-0.1, -0.05) is 30.4 Å². The number of hydrogen-bond donors (Lipinski definition) is 0. The van der Waals surface area contributed by atoms with E-state index in [2.05, 4.69) is 19.2 Å². The second-order valence-electron chi connectivity index (χ2n) is 3.71. The fraction of sp³-hybridized carbons (Fsp3) is 0.300. The highest BCUT2D eigenvalue weighted by molar-refractivity contribution is 6.94. The Kier molecular flexibility index (Phi) is 3.13. The third-order valence-electron chi connectivity index (χ3n) is 2.13. The molecule has 0 atom stereocenters. The fourth-order valence-corrected chi connectivity index (χ4v) is 2.76. The molecule has 0 spiro atoms. The number of benzene rings is 1. The zero-order valence-electron chi connectivity index (χ0n) is 7.84. The predicted octanol–water partition coefficient (Wildman–Crippen LogP) is 2.25. The Morgan fingerprint density at radius 1 is 1.31 bits per heavy atom. The molecule has 0 unspecified atom stereocenters. The summed E-state index contributed by atoms with van der Waals surface area (Å²) in [6, 6.07) is 9.86. The molecule has 0 aliphatic rings. The van der Waals surface area contributed by atoms with E-state index in [9.17, 15) is 0 Å². The zero-order chi connectivity index (χ0) is 9.90. The molecule has 0 aliphatic carbocycles.